The van der Waals surface area contributed by atoms with Crippen molar-refractivity contribution >= 4 is 24.3 Å². The number of halogens is 1. The molecular weight excluding hydrogens is 344 g/mol. The lowest BCUT2D eigenvalue weighted by Gasteiger charge is -2.09. The minimum absolute atomic E-state index is 0. The number of hydrogen-bond donors (Lipinski definition) is 3. The lowest BCUT2D eigenvalue weighted by atomic mass is 10.1. The maximum Gasteiger partial charge on any atom is 0.322 e. The third kappa shape index (κ3) is 7.24. The molecule has 0 heterocycles. The van der Waals surface area contributed by atoms with Crippen molar-refractivity contribution in [3.05, 3.63) is 65.7 Å². The van der Waals surface area contributed by atoms with Crippen molar-refractivity contribution < 1.29 is 19.4 Å². The van der Waals surface area contributed by atoms with E-state index in [0.29, 0.717) is 6.61 Å². The van der Waals surface area contributed by atoms with E-state index in [0.717, 1.165) is 16.9 Å². The Morgan fingerprint density at radius 3 is 2.28 bits per heavy atom. The molecule has 2 aromatic rings. The average Bonchev–Trinajstić information content (AvgIpc) is 2.60. The molecule has 25 heavy (non-hydrogen) atoms. The van der Waals surface area contributed by atoms with Gasteiger partial charge >= 0.3 is 5.97 Å². The van der Waals surface area contributed by atoms with Crippen LogP contribution in [0.15, 0.2) is 54.6 Å². The molecule has 0 aliphatic heterocycles. The largest absolute Gasteiger partial charge is 0.489 e. The van der Waals surface area contributed by atoms with Crippen molar-refractivity contribution in [2.24, 2.45) is 5.73 Å². The smallest absolute Gasteiger partial charge is 0.322 e. The second-order valence-electron chi connectivity index (χ2n) is 5.34. The minimum atomic E-state index is -1.14. The van der Waals surface area contributed by atoms with Crippen LogP contribution in [0, 0.1) is 0 Å². The van der Waals surface area contributed by atoms with Crippen LogP contribution in [0.4, 0.5) is 0 Å². The van der Waals surface area contributed by atoms with Crippen LogP contribution in [0.5, 0.6) is 5.75 Å². The van der Waals surface area contributed by atoms with Crippen LogP contribution >= 0.6 is 12.4 Å². The Bertz CT molecular complexity index is 677. The minimum Gasteiger partial charge on any atom is -0.489 e. The van der Waals surface area contributed by atoms with Gasteiger partial charge in [0.05, 0.1) is 6.42 Å². The standard InChI is InChI=1S/C18H20N2O4.ClH/c19-16(18(22)23)11-20-17(21)10-13-6-8-15(9-7-13)24-12-14-4-2-1-3-5-14;/h1-9,16H,10-12,19H2,(H,20,21)(H,22,23);1H/t16-;/m0./s1. The van der Waals surface area contributed by atoms with Crippen molar-refractivity contribution in [2.75, 3.05) is 6.54 Å². The van der Waals surface area contributed by atoms with Crippen molar-refractivity contribution in [3.63, 3.8) is 0 Å². The van der Waals surface area contributed by atoms with Gasteiger partial charge in [-0.3, -0.25) is 9.59 Å². The van der Waals surface area contributed by atoms with Crippen LogP contribution in [-0.2, 0) is 22.6 Å². The molecule has 0 spiro atoms. The van der Waals surface area contributed by atoms with E-state index in [-0.39, 0.29) is 31.3 Å². The van der Waals surface area contributed by atoms with Gasteiger partial charge in [-0.25, -0.2) is 0 Å². The molecule has 0 aliphatic carbocycles. The summed E-state index contributed by atoms with van der Waals surface area (Å²) in [5, 5.41) is 11.2. The van der Waals surface area contributed by atoms with Crippen LogP contribution < -0.4 is 15.8 Å². The van der Waals surface area contributed by atoms with Crippen LogP contribution in [0.25, 0.3) is 0 Å². The number of aliphatic carboxylic acids is 1. The molecule has 2 aromatic carbocycles. The van der Waals surface area contributed by atoms with Crippen molar-refractivity contribution in [2.45, 2.75) is 19.1 Å². The molecule has 0 radical (unpaired) electrons. The maximum atomic E-state index is 11.7. The van der Waals surface area contributed by atoms with E-state index in [4.69, 9.17) is 15.6 Å². The highest BCUT2D eigenvalue weighted by molar-refractivity contribution is 5.85. The fourth-order valence-corrected chi connectivity index (χ4v) is 2.00. The molecular formula is C18H21ClN2O4. The summed E-state index contributed by atoms with van der Waals surface area (Å²) < 4.78 is 5.67. The summed E-state index contributed by atoms with van der Waals surface area (Å²) in [5.41, 5.74) is 7.22. The zero-order valence-electron chi connectivity index (χ0n) is 13.6. The Kier molecular flexibility index (Phi) is 8.46. The molecule has 0 saturated carbocycles. The highest BCUT2D eigenvalue weighted by Gasteiger charge is 2.12. The second kappa shape index (κ2) is 10.3. The molecule has 0 fully saturated rings. The number of amides is 1. The molecule has 0 unspecified atom stereocenters. The van der Waals surface area contributed by atoms with Gasteiger partial charge < -0.3 is 20.9 Å². The quantitative estimate of drug-likeness (QED) is 0.662. The first-order valence-corrected chi connectivity index (χ1v) is 7.55. The summed E-state index contributed by atoms with van der Waals surface area (Å²) >= 11 is 0. The topological polar surface area (TPSA) is 102 Å². The molecule has 0 saturated heterocycles. The molecule has 1 atom stereocenters. The number of nitrogens with two attached hydrogens (primary N) is 1. The predicted molar refractivity (Wildman–Crippen MR) is 96.8 cm³/mol. The van der Waals surface area contributed by atoms with E-state index >= 15 is 0 Å². The van der Waals surface area contributed by atoms with Gasteiger partial charge in [0.25, 0.3) is 0 Å². The van der Waals surface area contributed by atoms with Crippen molar-refractivity contribution in [1.82, 2.24) is 5.32 Å². The van der Waals surface area contributed by atoms with Crippen LogP contribution in [0.1, 0.15) is 11.1 Å². The van der Waals surface area contributed by atoms with Crippen molar-refractivity contribution in [1.29, 1.82) is 0 Å². The first-order chi connectivity index (χ1) is 11.5. The van der Waals surface area contributed by atoms with Gasteiger partial charge in [-0.1, -0.05) is 42.5 Å². The molecule has 2 rings (SSSR count). The lowest BCUT2D eigenvalue weighted by Crippen LogP contribution is -2.42. The van der Waals surface area contributed by atoms with Gasteiger partial charge in [-0.15, -0.1) is 12.4 Å². The SMILES string of the molecule is Cl.N[C@@H](CNC(=O)Cc1ccc(OCc2ccccc2)cc1)C(=O)O. The third-order valence-corrected chi connectivity index (χ3v) is 3.37. The molecule has 6 nitrogen and oxygen atoms in total. The van der Waals surface area contributed by atoms with Gasteiger partial charge in [0.15, 0.2) is 0 Å². The van der Waals surface area contributed by atoms with Gasteiger partial charge in [0.1, 0.15) is 18.4 Å². The Hall–Kier alpha value is -2.57. The number of carboxylic acid groups (broad SMARTS) is 1. The summed E-state index contributed by atoms with van der Waals surface area (Å²) in [6, 6.07) is 15.9. The van der Waals surface area contributed by atoms with Gasteiger partial charge in [0, 0.05) is 6.54 Å². The first kappa shape index (κ1) is 20.5. The molecule has 0 aliphatic rings. The van der Waals surface area contributed by atoms with Gasteiger partial charge in [-0.05, 0) is 23.3 Å². The highest BCUT2D eigenvalue weighted by Crippen LogP contribution is 2.14. The second-order valence-corrected chi connectivity index (χ2v) is 5.34. The predicted octanol–water partition coefficient (Wildman–Crippen LogP) is 1.76. The average molecular weight is 365 g/mol. The summed E-state index contributed by atoms with van der Waals surface area (Å²) in [6.45, 7) is 0.389. The van der Waals surface area contributed by atoms with E-state index in [1.165, 1.54) is 0 Å². The van der Waals surface area contributed by atoms with Crippen LogP contribution in [-0.4, -0.2) is 29.6 Å². The van der Waals surface area contributed by atoms with Gasteiger partial charge in [0.2, 0.25) is 5.91 Å². The number of carboxylic acids is 1. The van der Waals surface area contributed by atoms with E-state index < -0.39 is 12.0 Å². The Balaban J connectivity index is 0.00000312. The first-order valence-electron chi connectivity index (χ1n) is 7.55. The molecule has 1 amide bonds. The number of carbonyl (C=O) groups is 2. The summed E-state index contributed by atoms with van der Waals surface area (Å²) in [7, 11) is 0. The third-order valence-electron chi connectivity index (χ3n) is 3.37. The summed E-state index contributed by atoms with van der Waals surface area (Å²) in [6.07, 6.45) is 0.158. The summed E-state index contributed by atoms with van der Waals surface area (Å²) in [4.78, 5) is 22.3. The number of ether oxygens (including phenoxy) is 1. The highest BCUT2D eigenvalue weighted by atomic mass is 35.5. The number of rotatable bonds is 8. The summed E-state index contributed by atoms with van der Waals surface area (Å²) in [5.74, 6) is -0.698. The van der Waals surface area contributed by atoms with E-state index in [1.807, 2.05) is 30.3 Å². The molecule has 7 heteroatoms. The van der Waals surface area contributed by atoms with E-state index in [2.05, 4.69) is 5.32 Å². The molecule has 134 valence electrons. The van der Waals surface area contributed by atoms with E-state index in [9.17, 15) is 9.59 Å². The Morgan fingerprint density at radius 2 is 1.68 bits per heavy atom. The molecule has 0 bridgehead atoms. The number of nitrogens with one attached hydrogen (secondary N) is 1. The fourth-order valence-electron chi connectivity index (χ4n) is 2.00. The lowest BCUT2D eigenvalue weighted by molar-refractivity contribution is -0.138. The monoisotopic (exact) mass is 364 g/mol. The Labute approximate surface area is 152 Å². The number of carbonyl (C=O) groups excluding carboxylic acids is 1. The molecule has 4 N–H and O–H groups in total. The van der Waals surface area contributed by atoms with Crippen molar-refractivity contribution in [3.8, 4) is 5.75 Å². The normalized spacial score (nSPS) is 11.1. The zero-order valence-corrected chi connectivity index (χ0v) is 14.4. The fraction of sp³-hybridized carbons (Fsp3) is 0.222. The maximum absolute atomic E-state index is 11.7. The number of hydrogen-bond acceptors (Lipinski definition) is 4. The zero-order chi connectivity index (χ0) is 17.4. The number of benzene rings is 2. The van der Waals surface area contributed by atoms with Crippen LogP contribution in [0.2, 0.25) is 0 Å². The van der Waals surface area contributed by atoms with Gasteiger partial charge in [-0.2, -0.15) is 0 Å². The molecule has 0 aromatic heterocycles. The van der Waals surface area contributed by atoms with E-state index in [1.54, 1.807) is 24.3 Å². The Morgan fingerprint density at radius 1 is 1.04 bits per heavy atom. The van der Waals surface area contributed by atoms with Crippen LogP contribution in [0.3, 0.4) is 0 Å².